The normalized spacial score (nSPS) is 13.8. The Morgan fingerprint density at radius 1 is 1.40 bits per heavy atom. The Hall–Kier alpha value is -0.420. The molecule has 1 N–H and O–H groups in total. The third kappa shape index (κ3) is 4.85. The highest BCUT2D eigenvalue weighted by molar-refractivity contribution is 7.99. The highest BCUT2D eigenvalue weighted by Gasteiger charge is 2.33. The summed E-state index contributed by atoms with van der Waals surface area (Å²) in [6.07, 6.45) is 0.948. The van der Waals surface area contributed by atoms with Crippen LogP contribution in [0, 0.1) is 0 Å². The zero-order chi connectivity index (χ0) is 15.2. The highest BCUT2D eigenvalue weighted by Crippen LogP contribution is 2.30. The van der Waals surface area contributed by atoms with E-state index in [0.29, 0.717) is 15.8 Å². The smallest absolute Gasteiger partial charge is 0.326 e. The number of hydrogen-bond acceptors (Lipinski definition) is 4. The van der Waals surface area contributed by atoms with Crippen LogP contribution in [0.5, 0.6) is 0 Å². The summed E-state index contributed by atoms with van der Waals surface area (Å²) in [5.74, 6) is 0.288. The number of ether oxygens (including phenoxy) is 1. The fourth-order valence-corrected chi connectivity index (χ4v) is 3.01. The van der Waals surface area contributed by atoms with Crippen molar-refractivity contribution in [3.05, 3.63) is 28.2 Å². The lowest BCUT2D eigenvalue weighted by Gasteiger charge is -2.27. The van der Waals surface area contributed by atoms with Crippen molar-refractivity contribution in [3.8, 4) is 0 Å². The Kier molecular flexibility index (Phi) is 7.17. The monoisotopic (exact) mass is 335 g/mol. The van der Waals surface area contributed by atoms with Gasteiger partial charge in [0.05, 0.1) is 17.2 Å². The Balaban J connectivity index is 2.75. The van der Waals surface area contributed by atoms with Gasteiger partial charge in [-0.1, -0.05) is 30.1 Å². The van der Waals surface area contributed by atoms with E-state index >= 15 is 0 Å². The molecule has 20 heavy (non-hydrogen) atoms. The number of benzene rings is 1. The zero-order valence-corrected chi connectivity index (χ0v) is 14.2. The second kappa shape index (κ2) is 8.13. The van der Waals surface area contributed by atoms with Gasteiger partial charge in [-0.25, -0.2) is 0 Å². The minimum atomic E-state index is -0.721. The first kappa shape index (κ1) is 17.6. The van der Waals surface area contributed by atoms with Crippen molar-refractivity contribution >= 4 is 40.9 Å². The van der Waals surface area contributed by atoms with Crippen LogP contribution in [0.4, 0.5) is 0 Å². The van der Waals surface area contributed by atoms with Crippen LogP contribution in [0.2, 0.25) is 10.0 Å². The molecule has 0 fully saturated rings. The molecule has 1 aromatic carbocycles. The number of nitrogens with one attached hydrogen (secondary N) is 1. The summed E-state index contributed by atoms with van der Waals surface area (Å²) in [4.78, 5) is 12.9. The summed E-state index contributed by atoms with van der Waals surface area (Å²) in [6, 6.07) is 5.43. The number of esters is 1. The summed E-state index contributed by atoms with van der Waals surface area (Å²) >= 11 is 13.4. The number of carbonyl (C=O) groups is 1. The third-order valence-electron chi connectivity index (χ3n) is 2.82. The van der Waals surface area contributed by atoms with E-state index in [1.54, 1.807) is 12.1 Å². The van der Waals surface area contributed by atoms with Crippen molar-refractivity contribution in [1.82, 2.24) is 5.32 Å². The Morgan fingerprint density at radius 2 is 2.10 bits per heavy atom. The van der Waals surface area contributed by atoms with Crippen LogP contribution >= 0.6 is 35.0 Å². The molecule has 1 unspecified atom stereocenters. The number of thioether (sulfide) groups is 1. The third-order valence-corrected chi connectivity index (χ3v) is 4.87. The highest BCUT2D eigenvalue weighted by atomic mass is 35.5. The molecule has 0 aromatic heterocycles. The van der Waals surface area contributed by atoms with Gasteiger partial charge in [0.2, 0.25) is 0 Å². The lowest BCUT2D eigenvalue weighted by molar-refractivity contribution is -0.146. The summed E-state index contributed by atoms with van der Waals surface area (Å²) in [7, 11) is 1.40. The predicted molar refractivity (Wildman–Crippen MR) is 85.9 cm³/mol. The summed E-state index contributed by atoms with van der Waals surface area (Å²) in [5, 5.41) is 4.27. The van der Waals surface area contributed by atoms with E-state index in [1.165, 1.54) is 18.9 Å². The van der Waals surface area contributed by atoms with E-state index in [4.69, 9.17) is 27.9 Å². The van der Waals surface area contributed by atoms with Crippen molar-refractivity contribution in [2.45, 2.75) is 30.7 Å². The Morgan fingerprint density at radius 3 is 2.65 bits per heavy atom. The van der Waals surface area contributed by atoms with E-state index in [2.05, 4.69) is 12.2 Å². The van der Waals surface area contributed by atoms with Gasteiger partial charge in [-0.3, -0.25) is 4.79 Å². The van der Waals surface area contributed by atoms with Gasteiger partial charge in [-0.15, -0.1) is 11.8 Å². The molecule has 1 rings (SSSR count). The van der Waals surface area contributed by atoms with Crippen molar-refractivity contribution in [2.24, 2.45) is 0 Å². The van der Waals surface area contributed by atoms with Crippen molar-refractivity contribution in [3.63, 3.8) is 0 Å². The molecule has 0 saturated carbocycles. The molecule has 0 aliphatic rings. The van der Waals surface area contributed by atoms with Crippen molar-refractivity contribution in [2.75, 3.05) is 19.4 Å². The number of methoxy groups -OCH3 is 1. The van der Waals surface area contributed by atoms with Crippen LogP contribution < -0.4 is 5.32 Å². The summed E-state index contributed by atoms with van der Waals surface area (Å²) in [6.45, 7) is 4.66. The number of rotatable bonds is 7. The van der Waals surface area contributed by atoms with Crippen molar-refractivity contribution in [1.29, 1.82) is 0 Å². The molecule has 1 atom stereocenters. The maximum atomic E-state index is 11.9. The fraction of sp³-hybridized carbons (Fsp3) is 0.500. The standard InChI is InChI=1S/C14H19Cl2NO2S/c1-4-7-17-14(2,13(18)19-3)9-20-10-5-6-11(15)12(16)8-10/h5-6,8,17H,4,7,9H2,1-3H3. The van der Waals surface area contributed by atoms with Crippen LogP contribution in [0.3, 0.4) is 0 Å². The van der Waals surface area contributed by atoms with Gasteiger partial charge in [0.15, 0.2) is 0 Å². The number of halogens is 2. The van der Waals surface area contributed by atoms with Crippen LogP contribution in [-0.4, -0.2) is 30.9 Å². The van der Waals surface area contributed by atoms with Gasteiger partial charge in [0.1, 0.15) is 5.54 Å². The molecule has 0 radical (unpaired) electrons. The predicted octanol–water partition coefficient (Wildman–Crippen LogP) is 4.02. The average molecular weight is 336 g/mol. The summed E-state index contributed by atoms with van der Waals surface area (Å²) in [5.41, 5.74) is -0.721. The van der Waals surface area contributed by atoms with Crippen molar-refractivity contribution < 1.29 is 9.53 Å². The fourth-order valence-electron chi connectivity index (χ4n) is 1.60. The minimum Gasteiger partial charge on any atom is -0.468 e. The minimum absolute atomic E-state index is 0.265. The van der Waals surface area contributed by atoms with Gasteiger partial charge >= 0.3 is 5.97 Å². The lowest BCUT2D eigenvalue weighted by Crippen LogP contribution is -2.52. The van der Waals surface area contributed by atoms with Gasteiger partial charge in [-0.05, 0) is 38.1 Å². The molecule has 0 saturated heterocycles. The first-order chi connectivity index (χ1) is 9.42. The molecular formula is C14H19Cl2NO2S. The maximum Gasteiger partial charge on any atom is 0.326 e. The SMILES string of the molecule is CCCNC(C)(CSc1ccc(Cl)c(Cl)c1)C(=O)OC. The summed E-state index contributed by atoms with van der Waals surface area (Å²) < 4.78 is 4.88. The molecule has 0 spiro atoms. The molecule has 0 amide bonds. The average Bonchev–Trinajstić information content (AvgIpc) is 2.45. The number of hydrogen-bond donors (Lipinski definition) is 1. The van der Waals surface area contributed by atoms with E-state index in [-0.39, 0.29) is 5.97 Å². The van der Waals surface area contributed by atoms with Crippen LogP contribution in [0.1, 0.15) is 20.3 Å². The molecule has 0 aliphatic heterocycles. The lowest BCUT2D eigenvalue weighted by atomic mass is 10.1. The second-order valence-corrected chi connectivity index (χ2v) is 6.48. The largest absolute Gasteiger partial charge is 0.468 e. The number of carbonyl (C=O) groups excluding carboxylic acids is 1. The first-order valence-electron chi connectivity index (χ1n) is 6.34. The molecule has 112 valence electrons. The first-order valence-corrected chi connectivity index (χ1v) is 8.08. The van der Waals surface area contributed by atoms with Gasteiger partial charge in [0, 0.05) is 10.6 Å². The van der Waals surface area contributed by atoms with Gasteiger partial charge in [0.25, 0.3) is 0 Å². The Bertz CT molecular complexity index is 470. The second-order valence-electron chi connectivity index (χ2n) is 4.62. The molecule has 0 heterocycles. The van der Waals surface area contributed by atoms with Crippen LogP contribution in [0.25, 0.3) is 0 Å². The van der Waals surface area contributed by atoms with E-state index in [9.17, 15) is 4.79 Å². The zero-order valence-electron chi connectivity index (χ0n) is 11.8. The van der Waals surface area contributed by atoms with Gasteiger partial charge < -0.3 is 10.1 Å². The molecule has 0 bridgehead atoms. The van der Waals surface area contributed by atoms with Crippen LogP contribution in [-0.2, 0) is 9.53 Å². The van der Waals surface area contributed by atoms with Crippen LogP contribution in [0.15, 0.2) is 23.1 Å². The quantitative estimate of drug-likeness (QED) is 0.603. The molecular weight excluding hydrogens is 317 g/mol. The molecule has 1 aromatic rings. The van der Waals surface area contributed by atoms with E-state index < -0.39 is 5.54 Å². The molecule has 6 heteroatoms. The maximum absolute atomic E-state index is 11.9. The molecule has 0 aliphatic carbocycles. The van der Waals surface area contributed by atoms with Gasteiger partial charge in [-0.2, -0.15) is 0 Å². The Labute approximate surface area is 134 Å². The topological polar surface area (TPSA) is 38.3 Å². The van der Waals surface area contributed by atoms with E-state index in [0.717, 1.165) is 17.9 Å². The molecule has 3 nitrogen and oxygen atoms in total. The van der Waals surface area contributed by atoms with E-state index in [1.807, 2.05) is 13.0 Å².